The van der Waals surface area contributed by atoms with Crippen LogP contribution in [-0.4, -0.2) is 43.8 Å². The summed E-state index contributed by atoms with van der Waals surface area (Å²) in [6.45, 7) is 11.1. The largest absolute Gasteiger partial charge is 0.352 e. The Labute approximate surface area is 249 Å². The smallest absolute Gasteiger partial charge is 0.264 e. The van der Waals surface area contributed by atoms with Crippen molar-refractivity contribution in [3.05, 3.63) is 94.0 Å². The second kappa shape index (κ2) is 14.0. The molecule has 2 atom stereocenters. The number of amides is 2. The summed E-state index contributed by atoms with van der Waals surface area (Å²) in [7, 11) is -4.12. The highest BCUT2D eigenvalue weighted by molar-refractivity contribution is 7.92. The van der Waals surface area contributed by atoms with Gasteiger partial charge in [-0.1, -0.05) is 61.3 Å². The molecule has 9 heteroatoms. The quantitative estimate of drug-likeness (QED) is 0.270. The van der Waals surface area contributed by atoms with E-state index in [2.05, 4.69) is 5.32 Å². The topological polar surface area (TPSA) is 86.8 Å². The van der Waals surface area contributed by atoms with Gasteiger partial charge in [-0.25, -0.2) is 8.42 Å². The van der Waals surface area contributed by atoms with Crippen molar-refractivity contribution in [1.82, 2.24) is 10.2 Å². The van der Waals surface area contributed by atoms with Crippen LogP contribution in [-0.2, 0) is 26.2 Å². The SMILES string of the molecule is CC[C@H](C(=O)N[C@@H](C)CC)N(Cc1ccc(Cl)cc1)C(=O)CN(c1ccc(C)c(C)c1)S(=O)(=O)c1ccc(C)cc1. The molecule has 0 aliphatic heterocycles. The van der Waals surface area contributed by atoms with Crippen LogP contribution >= 0.6 is 11.6 Å². The number of hydrogen-bond acceptors (Lipinski definition) is 4. The van der Waals surface area contributed by atoms with Crippen LogP contribution in [0.15, 0.2) is 71.6 Å². The monoisotopic (exact) mass is 597 g/mol. The molecule has 1 N–H and O–H groups in total. The van der Waals surface area contributed by atoms with E-state index < -0.39 is 28.5 Å². The molecule has 0 radical (unpaired) electrons. The van der Waals surface area contributed by atoms with Crippen molar-refractivity contribution >= 4 is 39.1 Å². The molecule has 3 rings (SSSR count). The van der Waals surface area contributed by atoms with E-state index in [4.69, 9.17) is 11.6 Å². The standard InChI is InChI=1S/C32H40ClN3O4S/c1-7-25(6)34-32(38)30(8-2)35(20-26-12-14-27(33)15-13-26)31(37)21-36(28-16-11-23(4)24(5)19-28)41(39,40)29-17-9-22(3)10-18-29/h9-19,25,30H,7-8,20-21H2,1-6H3,(H,34,38)/t25-,30+/m0/s1. The summed E-state index contributed by atoms with van der Waals surface area (Å²) < 4.78 is 29.2. The summed E-state index contributed by atoms with van der Waals surface area (Å²) in [5, 5.41) is 3.54. The molecule has 0 spiro atoms. The van der Waals surface area contributed by atoms with E-state index in [0.717, 1.165) is 33.0 Å². The number of sulfonamides is 1. The molecule has 0 bridgehead atoms. The molecule has 0 aromatic heterocycles. The second-order valence-corrected chi connectivity index (χ2v) is 12.8. The number of hydrogen-bond donors (Lipinski definition) is 1. The zero-order valence-electron chi connectivity index (χ0n) is 24.6. The number of halogens is 1. The van der Waals surface area contributed by atoms with E-state index in [1.165, 1.54) is 4.90 Å². The second-order valence-electron chi connectivity index (χ2n) is 10.5. The number of carbonyl (C=O) groups is 2. The van der Waals surface area contributed by atoms with E-state index >= 15 is 0 Å². The van der Waals surface area contributed by atoms with Crippen molar-refractivity contribution in [2.45, 2.75) is 77.9 Å². The lowest BCUT2D eigenvalue weighted by Gasteiger charge is -2.34. The molecule has 0 aliphatic carbocycles. The van der Waals surface area contributed by atoms with Crippen molar-refractivity contribution in [2.24, 2.45) is 0 Å². The minimum absolute atomic E-state index is 0.0713. The van der Waals surface area contributed by atoms with Gasteiger partial charge < -0.3 is 10.2 Å². The molecule has 0 heterocycles. The van der Waals surface area contributed by atoms with Crippen LogP contribution in [0, 0.1) is 20.8 Å². The Hall–Kier alpha value is -3.36. The van der Waals surface area contributed by atoms with Crippen LogP contribution in [0.5, 0.6) is 0 Å². The molecule has 0 saturated carbocycles. The number of carbonyl (C=O) groups excluding carboxylic acids is 2. The van der Waals surface area contributed by atoms with Gasteiger partial charge in [0.25, 0.3) is 10.0 Å². The summed E-state index contributed by atoms with van der Waals surface area (Å²) in [6.07, 6.45) is 1.10. The molecule has 0 aliphatic rings. The minimum Gasteiger partial charge on any atom is -0.352 e. The van der Waals surface area contributed by atoms with Crippen LogP contribution in [0.4, 0.5) is 5.69 Å². The van der Waals surface area contributed by atoms with Crippen LogP contribution in [0.3, 0.4) is 0 Å². The van der Waals surface area contributed by atoms with Crippen molar-refractivity contribution in [3.63, 3.8) is 0 Å². The number of aryl methyl sites for hydroxylation is 3. The Morgan fingerprint density at radius 1 is 0.878 bits per heavy atom. The number of benzene rings is 3. The number of nitrogens with zero attached hydrogens (tertiary/aromatic N) is 2. The van der Waals surface area contributed by atoms with Crippen molar-refractivity contribution in [2.75, 3.05) is 10.8 Å². The van der Waals surface area contributed by atoms with E-state index in [9.17, 15) is 18.0 Å². The van der Waals surface area contributed by atoms with Gasteiger partial charge >= 0.3 is 0 Å². The normalized spacial score (nSPS) is 12.9. The molecule has 0 fully saturated rings. The number of nitrogens with one attached hydrogen (secondary N) is 1. The molecule has 7 nitrogen and oxygen atoms in total. The third kappa shape index (κ3) is 8.11. The van der Waals surface area contributed by atoms with Gasteiger partial charge in [0.05, 0.1) is 10.6 Å². The fourth-order valence-electron chi connectivity index (χ4n) is 4.39. The maximum absolute atomic E-state index is 14.2. The molecule has 220 valence electrons. The van der Waals surface area contributed by atoms with E-state index in [-0.39, 0.29) is 23.4 Å². The van der Waals surface area contributed by atoms with Crippen molar-refractivity contribution in [3.8, 4) is 0 Å². The van der Waals surface area contributed by atoms with Crippen LogP contribution in [0.1, 0.15) is 55.9 Å². The van der Waals surface area contributed by atoms with Gasteiger partial charge in [0.15, 0.2) is 0 Å². The van der Waals surface area contributed by atoms with Gasteiger partial charge in [0.2, 0.25) is 11.8 Å². The Bertz CT molecular complexity index is 1460. The highest BCUT2D eigenvalue weighted by Gasteiger charge is 2.34. The van der Waals surface area contributed by atoms with Crippen molar-refractivity contribution in [1.29, 1.82) is 0 Å². The predicted octanol–water partition coefficient (Wildman–Crippen LogP) is 6.18. The maximum Gasteiger partial charge on any atom is 0.264 e. The van der Waals surface area contributed by atoms with E-state index in [1.54, 1.807) is 60.7 Å². The fourth-order valence-corrected chi connectivity index (χ4v) is 5.93. The lowest BCUT2D eigenvalue weighted by Crippen LogP contribution is -2.53. The average Bonchev–Trinajstić information content (AvgIpc) is 2.94. The summed E-state index contributed by atoms with van der Waals surface area (Å²) in [4.78, 5) is 29.1. The maximum atomic E-state index is 14.2. The van der Waals surface area contributed by atoms with Gasteiger partial charge in [-0.15, -0.1) is 0 Å². The molecule has 3 aromatic carbocycles. The predicted molar refractivity (Wildman–Crippen MR) is 166 cm³/mol. The first-order valence-electron chi connectivity index (χ1n) is 13.9. The Morgan fingerprint density at radius 2 is 1.51 bits per heavy atom. The highest BCUT2D eigenvalue weighted by atomic mass is 35.5. The lowest BCUT2D eigenvalue weighted by atomic mass is 10.1. The molecular weight excluding hydrogens is 558 g/mol. The Kier molecular flexibility index (Phi) is 11.0. The van der Waals surface area contributed by atoms with Crippen LogP contribution < -0.4 is 9.62 Å². The summed E-state index contributed by atoms with van der Waals surface area (Å²) >= 11 is 6.08. The first-order chi connectivity index (χ1) is 19.4. The average molecular weight is 598 g/mol. The van der Waals surface area contributed by atoms with Gasteiger partial charge in [-0.3, -0.25) is 13.9 Å². The van der Waals surface area contributed by atoms with Gasteiger partial charge in [-0.2, -0.15) is 0 Å². The third-order valence-corrected chi connectivity index (χ3v) is 9.36. The highest BCUT2D eigenvalue weighted by Crippen LogP contribution is 2.27. The van der Waals surface area contributed by atoms with E-state index in [1.807, 2.05) is 47.6 Å². The van der Waals surface area contributed by atoms with Crippen LogP contribution in [0.2, 0.25) is 5.02 Å². The summed E-state index contributed by atoms with van der Waals surface area (Å²) in [6, 6.07) is 18.0. The molecule has 0 saturated heterocycles. The molecule has 41 heavy (non-hydrogen) atoms. The van der Waals surface area contributed by atoms with Gasteiger partial charge in [-0.05, 0) is 93.6 Å². The molecular formula is C32H40ClN3O4S. The van der Waals surface area contributed by atoms with Gasteiger partial charge in [0, 0.05) is 17.6 Å². The van der Waals surface area contributed by atoms with E-state index in [0.29, 0.717) is 17.1 Å². The van der Waals surface area contributed by atoms with Crippen LogP contribution in [0.25, 0.3) is 0 Å². The fraction of sp³-hybridized carbons (Fsp3) is 0.375. The molecule has 0 unspecified atom stereocenters. The zero-order valence-corrected chi connectivity index (χ0v) is 26.2. The Morgan fingerprint density at radius 3 is 2.07 bits per heavy atom. The van der Waals surface area contributed by atoms with Crippen molar-refractivity contribution < 1.29 is 18.0 Å². The zero-order chi connectivity index (χ0) is 30.3. The summed E-state index contributed by atoms with van der Waals surface area (Å²) in [5.74, 6) is -0.761. The first-order valence-corrected chi connectivity index (χ1v) is 15.7. The summed E-state index contributed by atoms with van der Waals surface area (Å²) in [5.41, 5.74) is 3.98. The third-order valence-electron chi connectivity index (χ3n) is 7.32. The molecule has 2 amide bonds. The lowest BCUT2D eigenvalue weighted by molar-refractivity contribution is -0.140. The van der Waals surface area contributed by atoms with Gasteiger partial charge in [0.1, 0.15) is 12.6 Å². The number of rotatable bonds is 12. The Balaban J connectivity index is 2.08. The minimum atomic E-state index is -4.12. The first kappa shape index (κ1) is 32.2. The number of anilines is 1. The molecule has 3 aromatic rings.